The second-order valence-corrected chi connectivity index (χ2v) is 14.3. The van der Waals surface area contributed by atoms with Crippen LogP contribution in [0.3, 0.4) is 0 Å². The van der Waals surface area contributed by atoms with Gasteiger partial charge in [0.05, 0.1) is 50.2 Å². The van der Waals surface area contributed by atoms with Crippen molar-refractivity contribution in [3.63, 3.8) is 0 Å². The third kappa shape index (κ3) is 6.87. The molecule has 1 fully saturated rings. The minimum Gasteiger partial charge on any atom is -0.496 e. The van der Waals surface area contributed by atoms with Gasteiger partial charge in [0.1, 0.15) is 33.0 Å². The van der Waals surface area contributed by atoms with Gasteiger partial charge in [-0.15, -0.1) is 4.80 Å². The Morgan fingerprint density at radius 1 is 1.08 bits per heavy atom. The number of ether oxygens (including phenoxy) is 3. The van der Waals surface area contributed by atoms with Gasteiger partial charge in [-0.25, -0.2) is 13.8 Å². The fourth-order valence-electron chi connectivity index (χ4n) is 6.16. The fraction of sp³-hybridized carbons (Fsp3) is 0.417. The van der Waals surface area contributed by atoms with Crippen molar-refractivity contribution in [3.8, 4) is 10.8 Å². The molecule has 0 saturated heterocycles. The lowest BCUT2D eigenvalue weighted by Gasteiger charge is -2.38. The molecule has 12 nitrogen and oxygen atoms in total. The van der Waals surface area contributed by atoms with Crippen LogP contribution in [-0.2, 0) is 33.0 Å². The molecule has 6 rings (SSSR count). The number of nitrogens with one attached hydrogen (secondary N) is 1. The summed E-state index contributed by atoms with van der Waals surface area (Å²) in [6.45, 7) is 8.79. The van der Waals surface area contributed by atoms with E-state index in [1.165, 1.54) is 72.3 Å². The Morgan fingerprint density at radius 2 is 1.78 bits per heavy atom. The van der Waals surface area contributed by atoms with Crippen LogP contribution in [0.4, 0.5) is 4.39 Å². The molecule has 5 aromatic rings. The van der Waals surface area contributed by atoms with E-state index in [0.717, 1.165) is 10.1 Å². The summed E-state index contributed by atoms with van der Waals surface area (Å²) < 4.78 is 35.6. The molecule has 3 aromatic heterocycles. The van der Waals surface area contributed by atoms with Crippen LogP contribution in [0.1, 0.15) is 63.3 Å². The van der Waals surface area contributed by atoms with Crippen LogP contribution < -0.4 is 21.3 Å². The molecular weight excluding hydrogens is 663 g/mol. The molecular formula is C36H41FN6O6S. The third-order valence-corrected chi connectivity index (χ3v) is 10.2. The van der Waals surface area contributed by atoms with E-state index >= 15 is 0 Å². The Balaban J connectivity index is 1.44. The van der Waals surface area contributed by atoms with Gasteiger partial charge in [0.25, 0.3) is 5.56 Å². The maximum absolute atomic E-state index is 14.8. The number of carbonyl (C=O) groups excluding carboxylic acids is 1. The van der Waals surface area contributed by atoms with Crippen LogP contribution >= 0.6 is 11.3 Å². The Hall–Kier alpha value is -4.66. The van der Waals surface area contributed by atoms with Crippen molar-refractivity contribution in [1.82, 2.24) is 29.4 Å². The normalized spacial score (nSPS) is 16.8. The number of fused-ring (bicyclic) bond motifs is 1. The molecule has 1 aliphatic rings. The van der Waals surface area contributed by atoms with E-state index in [1.807, 2.05) is 30.3 Å². The molecule has 0 bridgehead atoms. The van der Waals surface area contributed by atoms with Gasteiger partial charge in [-0.1, -0.05) is 41.7 Å². The van der Waals surface area contributed by atoms with Gasteiger partial charge in [-0.05, 0) is 58.4 Å². The van der Waals surface area contributed by atoms with Crippen LogP contribution in [0.5, 0.6) is 5.75 Å². The summed E-state index contributed by atoms with van der Waals surface area (Å²) in [6, 6.07) is 13.8. The Morgan fingerprint density at radius 3 is 2.44 bits per heavy atom. The molecule has 0 unspecified atom stereocenters. The molecule has 264 valence electrons. The summed E-state index contributed by atoms with van der Waals surface area (Å²) in [5.41, 5.74) is -0.884. The van der Waals surface area contributed by atoms with Crippen molar-refractivity contribution >= 4 is 27.5 Å². The summed E-state index contributed by atoms with van der Waals surface area (Å²) in [4.78, 5) is 44.1. The van der Waals surface area contributed by atoms with Crippen LogP contribution in [-0.4, -0.2) is 55.4 Å². The van der Waals surface area contributed by atoms with Crippen LogP contribution in [0.2, 0.25) is 0 Å². The quantitative estimate of drug-likeness (QED) is 0.181. The summed E-state index contributed by atoms with van der Waals surface area (Å²) in [5, 5.41) is 12.1. The van der Waals surface area contributed by atoms with Crippen LogP contribution in [0.15, 0.2) is 70.5 Å². The average Bonchev–Trinajstić information content (AvgIpc) is 3.71. The molecule has 1 saturated carbocycles. The van der Waals surface area contributed by atoms with Crippen molar-refractivity contribution in [3.05, 3.63) is 104 Å². The number of thiophene rings is 1. The summed E-state index contributed by atoms with van der Waals surface area (Å²) in [6.07, 6.45) is 3.06. The lowest BCUT2D eigenvalue weighted by molar-refractivity contribution is -0.134. The molecule has 3 heterocycles. The van der Waals surface area contributed by atoms with E-state index in [2.05, 4.69) is 15.5 Å². The van der Waals surface area contributed by atoms with E-state index < -0.39 is 34.6 Å². The number of methoxy groups -OCH3 is 1. The first-order valence-electron chi connectivity index (χ1n) is 16.5. The van der Waals surface area contributed by atoms with Crippen molar-refractivity contribution in [2.75, 3.05) is 7.11 Å². The zero-order chi connectivity index (χ0) is 35.7. The molecule has 2 aromatic carbocycles. The number of nitrogens with zero attached hydrogens (tertiary/aromatic N) is 5. The van der Waals surface area contributed by atoms with Gasteiger partial charge in [0.2, 0.25) is 5.91 Å². The number of hydrogen-bond donors (Lipinski definition) is 1. The van der Waals surface area contributed by atoms with Gasteiger partial charge in [-0.3, -0.25) is 14.2 Å². The molecule has 50 heavy (non-hydrogen) atoms. The molecule has 1 amide bonds. The largest absolute Gasteiger partial charge is 0.496 e. The highest BCUT2D eigenvalue weighted by atomic mass is 32.1. The van der Waals surface area contributed by atoms with Crippen LogP contribution in [0.25, 0.3) is 15.2 Å². The van der Waals surface area contributed by atoms with Gasteiger partial charge >= 0.3 is 5.69 Å². The zero-order valence-corrected chi connectivity index (χ0v) is 29.7. The minimum atomic E-state index is -1.57. The molecule has 0 aliphatic heterocycles. The second kappa shape index (κ2) is 14.3. The van der Waals surface area contributed by atoms with Crippen LogP contribution in [0, 0.1) is 12.7 Å². The highest BCUT2D eigenvalue weighted by Gasteiger charge is 2.38. The van der Waals surface area contributed by atoms with E-state index in [9.17, 15) is 18.8 Å². The molecule has 0 radical (unpaired) electrons. The predicted molar refractivity (Wildman–Crippen MR) is 187 cm³/mol. The van der Waals surface area contributed by atoms with E-state index in [1.54, 1.807) is 20.8 Å². The number of aryl methyl sites for hydroxylation is 1. The first-order chi connectivity index (χ1) is 23.9. The summed E-state index contributed by atoms with van der Waals surface area (Å²) in [5.74, 6) is -0.610. The minimum absolute atomic E-state index is 0.0315. The topological polar surface area (TPSA) is 132 Å². The number of rotatable bonds is 13. The Bertz CT molecular complexity index is 2100. The van der Waals surface area contributed by atoms with Gasteiger partial charge in [0.15, 0.2) is 0 Å². The maximum atomic E-state index is 14.8. The smallest absolute Gasteiger partial charge is 0.333 e. The highest BCUT2D eigenvalue weighted by Crippen LogP contribution is 2.38. The van der Waals surface area contributed by atoms with Gasteiger partial charge in [-0.2, -0.15) is 10.2 Å². The predicted octanol–water partition coefficient (Wildman–Crippen LogP) is 5.03. The van der Waals surface area contributed by atoms with E-state index in [4.69, 9.17) is 14.2 Å². The Kier molecular flexibility index (Phi) is 10.1. The Labute approximate surface area is 292 Å². The third-order valence-electron chi connectivity index (χ3n) is 8.95. The van der Waals surface area contributed by atoms with Crippen molar-refractivity contribution in [2.45, 2.75) is 90.5 Å². The molecule has 14 heteroatoms. The standard InChI is InChI=1S/C36H41FN6O6S/c1-21(2)40-34(45)36(4,5)42-31(44)30-22(3)32(43-38-14-15-39-43)50-33(30)41(35(42)46)19-29(27-16-24(37)12-13-28(27)47-6)49-26-17-25(18-26)48-20-23-10-8-7-9-11-23/h7-16,21,25-26,29H,17-20H2,1-6H3,(H,40,45)/t25?,26?,29-/m0/s1. The highest BCUT2D eigenvalue weighted by molar-refractivity contribution is 7.21. The lowest BCUT2D eigenvalue weighted by atomic mass is 9.91. The van der Waals surface area contributed by atoms with Crippen molar-refractivity contribution in [2.24, 2.45) is 0 Å². The number of aromatic nitrogens is 5. The number of amides is 1. The first kappa shape index (κ1) is 35.2. The summed E-state index contributed by atoms with van der Waals surface area (Å²) >= 11 is 1.17. The molecule has 0 spiro atoms. The molecule has 1 atom stereocenters. The number of halogens is 1. The maximum Gasteiger partial charge on any atom is 0.333 e. The molecule has 1 N–H and O–H groups in total. The average molecular weight is 705 g/mol. The number of carbonyl (C=O) groups is 1. The molecule has 1 aliphatic carbocycles. The second-order valence-electron chi connectivity index (χ2n) is 13.3. The number of hydrogen-bond acceptors (Lipinski definition) is 9. The fourth-order valence-corrected chi connectivity index (χ4v) is 7.38. The number of benzene rings is 2. The van der Waals surface area contributed by atoms with E-state index in [0.29, 0.717) is 46.2 Å². The van der Waals surface area contributed by atoms with Crippen molar-refractivity contribution in [1.29, 1.82) is 0 Å². The monoisotopic (exact) mass is 704 g/mol. The van der Waals surface area contributed by atoms with Crippen molar-refractivity contribution < 1.29 is 23.4 Å². The SMILES string of the molecule is COc1ccc(F)cc1[C@H](Cn1c(=O)n(C(C)(C)C(=O)NC(C)C)c(=O)c2c(C)c(-n3nccn3)sc21)OC1CC(OCc2ccccc2)C1. The lowest BCUT2D eigenvalue weighted by Crippen LogP contribution is -2.56. The first-order valence-corrected chi connectivity index (χ1v) is 17.3. The summed E-state index contributed by atoms with van der Waals surface area (Å²) in [7, 11) is 1.48. The van der Waals surface area contributed by atoms with Gasteiger partial charge < -0.3 is 19.5 Å². The van der Waals surface area contributed by atoms with E-state index in [-0.39, 0.29) is 30.2 Å². The zero-order valence-electron chi connectivity index (χ0n) is 28.9. The van der Waals surface area contributed by atoms with Gasteiger partial charge in [0, 0.05) is 30.0 Å².